The zero-order chi connectivity index (χ0) is 34.3. The summed E-state index contributed by atoms with van der Waals surface area (Å²) in [5.41, 5.74) is 9.19. The average molecular weight is 714 g/mol. The van der Waals surface area contributed by atoms with Crippen LogP contribution >= 0.6 is 15.6 Å². The first kappa shape index (κ1) is 32.6. The molecule has 4 aromatic heterocycles. The smallest absolute Gasteiger partial charge is 0.280 e. The van der Waals surface area contributed by atoms with E-state index in [1.54, 1.807) is 0 Å². The minimum atomic E-state index is -5.40. The van der Waals surface area contributed by atoms with Crippen molar-refractivity contribution in [1.82, 2.24) is 39.0 Å². The topological polar surface area (TPSA) is 352 Å². The lowest BCUT2D eigenvalue weighted by atomic mass is 9.96. The van der Waals surface area contributed by atoms with Crippen LogP contribution in [-0.2, 0) is 41.5 Å². The van der Waals surface area contributed by atoms with E-state index in [2.05, 4.69) is 29.9 Å². The summed E-state index contributed by atoms with van der Waals surface area (Å²) in [5, 5.41) is 11.1. The fourth-order valence-corrected chi connectivity index (χ4v) is 7.74. The largest absolute Gasteiger partial charge is 0.756 e. The zero-order valence-electron chi connectivity index (χ0n) is 24.2. The molecule has 4 unspecified atom stereocenters. The number of nitrogens with zero attached hydrogens (tertiary/aromatic N) is 6. The maximum Gasteiger partial charge on any atom is 0.280 e. The molecule has 0 aromatic carbocycles. The van der Waals surface area contributed by atoms with Crippen molar-refractivity contribution in [3.63, 3.8) is 0 Å². The number of hydrogen-bond donors (Lipinski definition) is 5. The average Bonchev–Trinajstić information content (AvgIpc) is 3.75. The highest BCUT2D eigenvalue weighted by Gasteiger charge is 2.53. The number of ether oxygens (including phenoxy) is 2. The molecule has 0 saturated carbocycles. The Labute approximate surface area is 265 Å². The third kappa shape index (κ3) is 5.65. The molecule has 3 saturated heterocycles. The molecular weight excluding hydrogens is 690 g/mol. The summed E-state index contributed by atoms with van der Waals surface area (Å²) >= 11 is 0. The van der Waals surface area contributed by atoms with Gasteiger partial charge in [0.05, 0.1) is 31.8 Å². The number of fused-ring (bicyclic) bond motifs is 4. The van der Waals surface area contributed by atoms with Crippen molar-refractivity contribution < 1.29 is 56.4 Å². The number of aromatic nitrogens is 8. The third-order valence-electron chi connectivity index (χ3n) is 7.87. The number of aliphatic hydroxyl groups is 1. The lowest BCUT2D eigenvalue weighted by molar-refractivity contribution is -0.244. The van der Waals surface area contributed by atoms with Crippen LogP contribution in [-0.4, -0.2) is 93.7 Å². The molecule has 10 atom stereocenters. The molecule has 26 heteroatoms. The molecule has 7 heterocycles. The monoisotopic (exact) mass is 714 g/mol. The lowest BCUT2D eigenvalue weighted by Gasteiger charge is -2.35. The molecule has 7 N–H and O–H groups in total. The van der Waals surface area contributed by atoms with Crippen LogP contribution in [0.3, 0.4) is 0 Å². The predicted molar refractivity (Wildman–Crippen MR) is 150 cm³/mol. The summed E-state index contributed by atoms with van der Waals surface area (Å²) in [6.45, 7) is -0.818. The Bertz CT molecular complexity index is 2150. The van der Waals surface area contributed by atoms with E-state index in [4.69, 9.17) is 39.0 Å². The van der Waals surface area contributed by atoms with Crippen LogP contribution in [0.1, 0.15) is 19.4 Å². The number of Topliss-reactive ketones (excluding diaryl/α,β-unsaturated/α-hetero) is 1. The Morgan fingerprint density at radius 2 is 1.33 bits per heavy atom. The fraction of sp³-hybridized carbons (Fsp3) is 0.500. The number of carbonyl (C=O) groups excluding carboxylic acids is 1. The molecule has 3 aliphatic heterocycles. The van der Waals surface area contributed by atoms with E-state index in [0.717, 1.165) is 28.7 Å². The number of nitrogens with two attached hydrogens (primary N) is 2. The number of imidazole rings is 2. The van der Waals surface area contributed by atoms with Gasteiger partial charge < -0.3 is 53.9 Å². The van der Waals surface area contributed by atoms with Crippen molar-refractivity contribution in [2.45, 2.75) is 49.9 Å². The van der Waals surface area contributed by atoms with Crippen LogP contribution in [0.2, 0.25) is 0 Å². The molecule has 0 bridgehead atoms. The van der Waals surface area contributed by atoms with Crippen molar-refractivity contribution in [3.05, 3.63) is 33.4 Å². The first-order chi connectivity index (χ1) is 22.6. The molecule has 0 spiro atoms. The van der Waals surface area contributed by atoms with E-state index >= 15 is 0 Å². The molecule has 4 aromatic rings. The molecule has 3 fully saturated rings. The van der Waals surface area contributed by atoms with Gasteiger partial charge in [-0.25, -0.2) is 9.97 Å². The Kier molecular flexibility index (Phi) is 7.88. The highest BCUT2D eigenvalue weighted by molar-refractivity contribution is 7.46. The number of hydrogen-bond acceptors (Lipinski definition) is 20. The van der Waals surface area contributed by atoms with Crippen LogP contribution in [0, 0.1) is 5.92 Å². The Morgan fingerprint density at radius 1 is 0.875 bits per heavy atom. The third-order valence-corrected chi connectivity index (χ3v) is 9.80. The number of carbonyl (C=O) groups is 1. The summed E-state index contributed by atoms with van der Waals surface area (Å²) < 4.78 is 60.6. The number of anilines is 2. The standard InChI is InChI=1S/C22H26N10O14P2/c1-6(33)9-13-7(43-19(9)31-4-25-10-15(31)27-21(23)29-17(10)35)2-41-48(39,40)46-14-8(3-42-47(37,38)45-13)44-20(12(14)34)32-5-26-11-16(32)28-22(24)30-18(11)36/h4-5,7-9,12-14,19-20,34H,2-3H2,1H3,(H,37,38)(H,39,40)(H3,23,27,29,35)(H3,24,28,30,36)/p-2/t7-,8+,9+,12?,13?,14+,19-,20-/m1/s1. The minimum Gasteiger partial charge on any atom is -0.756 e. The molecule has 3 aliphatic rings. The van der Waals surface area contributed by atoms with Crippen molar-refractivity contribution in [1.29, 1.82) is 0 Å². The molecule has 7 rings (SSSR count). The van der Waals surface area contributed by atoms with Crippen LogP contribution in [0.25, 0.3) is 22.3 Å². The van der Waals surface area contributed by atoms with E-state index < -0.39 is 94.7 Å². The molecule has 0 aliphatic carbocycles. The Balaban J connectivity index is 1.21. The summed E-state index contributed by atoms with van der Waals surface area (Å²) in [4.78, 5) is 84.1. The predicted octanol–water partition coefficient (Wildman–Crippen LogP) is -3.47. The summed E-state index contributed by atoms with van der Waals surface area (Å²) in [7, 11) is -10.8. The van der Waals surface area contributed by atoms with Gasteiger partial charge >= 0.3 is 0 Å². The molecule has 258 valence electrons. The molecule has 0 radical (unpaired) electrons. The fourth-order valence-electron chi connectivity index (χ4n) is 5.83. The maximum atomic E-state index is 13.2. The van der Waals surface area contributed by atoms with E-state index in [1.807, 2.05) is 0 Å². The van der Waals surface area contributed by atoms with Crippen molar-refractivity contribution >= 4 is 55.7 Å². The van der Waals surface area contributed by atoms with Crippen LogP contribution < -0.4 is 32.4 Å². The summed E-state index contributed by atoms with van der Waals surface area (Å²) in [6, 6.07) is 0. The summed E-state index contributed by atoms with van der Waals surface area (Å²) in [6.07, 6.45) is -9.46. The van der Waals surface area contributed by atoms with Gasteiger partial charge in [-0.2, -0.15) is 9.97 Å². The highest BCUT2D eigenvalue weighted by Crippen LogP contribution is 2.52. The van der Waals surface area contributed by atoms with E-state index in [9.17, 15) is 38.4 Å². The van der Waals surface area contributed by atoms with Crippen LogP contribution in [0.4, 0.5) is 11.9 Å². The number of aliphatic hydroxyl groups excluding tert-OH is 1. The van der Waals surface area contributed by atoms with Gasteiger partial charge in [0.25, 0.3) is 26.8 Å². The number of nitrogens with one attached hydrogen (secondary N) is 2. The number of phosphoric ester groups is 2. The van der Waals surface area contributed by atoms with Gasteiger partial charge in [0.2, 0.25) is 11.9 Å². The van der Waals surface area contributed by atoms with Gasteiger partial charge in [0.1, 0.15) is 42.5 Å². The number of phosphoric acid groups is 2. The van der Waals surface area contributed by atoms with Crippen LogP contribution in [0.5, 0.6) is 0 Å². The van der Waals surface area contributed by atoms with Crippen LogP contribution in [0.15, 0.2) is 22.2 Å². The van der Waals surface area contributed by atoms with Crippen molar-refractivity contribution in [2.24, 2.45) is 5.92 Å². The van der Waals surface area contributed by atoms with Gasteiger partial charge in [0, 0.05) is 0 Å². The normalized spacial score (nSPS) is 36.0. The first-order valence-corrected chi connectivity index (χ1v) is 16.8. The number of rotatable bonds is 3. The van der Waals surface area contributed by atoms with Gasteiger partial charge in [-0.1, -0.05) is 0 Å². The second-order valence-electron chi connectivity index (χ2n) is 10.9. The van der Waals surface area contributed by atoms with Gasteiger partial charge in [-0.05, 0) is 6.92 Å². The minimum absolute atomic E-state index is 0.133. The molecule has 24 nitrogen and oxygen atoms in total. The second kappa shape index (κ2) is 11.6. The zero-order valence-corrected chi connectivity index (χ0v) is 26.0. The Hall–Kier alpha value is -3.93. The number of H-pyrrole nitrogens is 2. The van der Waals surface area contributed by atoms with Gasteiger partial charge in [0.15, 0.2) is 28.6 Å². The second-order valence-corrected chi connectivity index (χ2v) is 13.7. The number of aromatic amines is 2. The number of ketones is 1. The van der Waals surface area contributed by atoms with E-state index in [1.165, 1.54) is 0 Å². The lowest BCUT2D eigenvalue weighted by Crippen LogP contribution is -2.40. The molecule has 48 heavy (non-hydrogen) atoms. The van der Waals surface area contributed by atoms with E-state index in [-0.39, 0.29) is 34.2 Å². The van der Waals surface area contributed by atoms with Gasteiger partial charge in [-0.15, -0.1) is 0 Å². The van der Waals surface area contributed by atoms with Gasteiger partial charge in [-0.3, -0.25) is 42.6 Å². The molecule has 0 amide bonds. The number of nitrogen functional groups attached to an aromatic ring is 2. The SMILES string of the molecule is CC(=O)[C@H]1C2OP(=O)([O-])OC[C@@H]3O[C@@H](n4cnc5c(=O)[nH]c(N)nc54)C(O)[C@H]3OP(=O)([O-])OC[C@H]2O[C@H]1n1cnc2c(=O)[nH]c(N)nc21. The molecular formula is C22H24N10O14P2-2. The van der Waals surface area contributed by atoms with Crippen molar-refractivity contribution in [2.75, 3.05) is 24.7 Å². The maximum absolute atomic E-state index is 13.2. The van der Waals surface area contributed by atoms with Crippen molar-refractivity contribution in [3.8, 4) is 0 Å². The quantitative estimate of drug-likeness (QED) is 0.129. The van der Waals surface area contributed by atoms with E-state index in [0.29, 0.717) is 0 Å². The first-order valence-electron chi connectivity index (χ1n) is 13.8. The highest BCUT2D eigenvalue weighted by atomic mass is 31.2. The Morgan fingerprint density at radius 3 is 1.85 bits per heavy atom. The summed E-state index contributed by atoms with van der Waals surface area (Å²) in [5.74, 6) is -2.75.